The van der Waals surface area contributed by atoms with E-state index in [1.165, 1.54) is 19.2 Å². The normalized spacial score (nSPS) is 9.40. The van der Waals surface area contributed by atoms with Crippen molar-refractivity contribution in [3.63, 3.8) is 0 Å². The zero-order valence-corrected chi connectivity index (χ0v) is 6.14. The zero-order valence-electron chi connectivity index (χ0n) is 5.39. The Balaban J connectivity index is 3.14. The van der Waals surface area contributed by atoms with Gasteiger partial charge in [-0.15, -0.1) is 0 Å². The highest BCUT2D eigenvalue weighted by molar-refractivity contribution is 6.32. The number of methoxy groups -OCH3 is 1. The van der Waals surface area contributed by atoms with Gasteiger partial charge in [0, 0.05) is 0 Å². The van der Waals surface area contributed by atoms with Crippen molar-refractivity contribution in [2.24, 2.45) is 0 Å². The Labute approximate surface area is 64.0 Å². The van der Waals surface area contributed by atoms with Crippen molar-refractivity contribution in [2.75, 3.05) is 7.11 Å². The van der Waals surface area contributed by atoms with Gasteiger partial charge in [0.25, 0.3) is 0 Å². The molecule has 0 heterocycles. The van der Waals surface area contributed by atoms with Gasteiger partial charge < -0.3 is 9.84 Å². The predicted octanol–water partition coefficient (Wildman–Crippen LogP) is 1.85. The zero-order chi connectivity index (χ0) is 7.56. The summed E-state index contributed by atoms with van der Waals surface area (Å²) in [5.74, 6) is 0.301. The molecule has 0 atom stereocenters. The first-order valence-corrected chi connectivity index (χ1v) is 3.06. The number of aromatic hydroxyl groups is 1. The number of hydrogen-bond acceptors (Lipinski definition) is 2. The van der Waals surface area contributed by atoms with Crippen LogP contribution in [0.5, 0.6) is 11.5 Å². The average molecular weight is 158 g/mol. The second-order valence-corrected chi connectivity index (χ2v) is 2.13. The Morgan fingerprint density at radius 2 is 2.30 bits per heavy atom. The van der Waals surface area contributed by atoms with E-state index in [0.29, 0.717) is 5.75 Å². The number of phenolic OH excluding ortho intramolecular Hbond substituents is 1. The maximum Gasteiger partial charge on any atom is 0.176 e. The molecule has 0 bridgehead atoms. The Hall–Kier alpha value is -0.890. The summed E-state index contributed by atoms with van der Waals surface area (Å²) in [7, 11) is 1.46. The SMILES string of the molecule is COc1c[c]cc(Cl)c1O. The third-order valence-corrected chi connectivity index (χ3v) is 1.39. The van der Waals surface area contributed by atoms with Crippen molar-refractivity contribution in [1.29, 1.82) is 0 Å². The van der Waals surface area contributed by atoms with Crippen LogP contribution in [0.15, 0.2) is 12.1 Å². The van der Waals surface area contributed by atoms with E-state index in [4.69, 9.17) is 21.4 Å². The minimum absolute atomic E-state index is 0.0390. The summed E-state index contributed by atoms with van der Waals surface area (Å²) < 4.78 is 4.76. The van der Waals surface area contributed by atoms with Crippen LogP contribution >= 0.6 is 11.6 Å². The maximum absolute atomic E-state index is 9.12. The molecule has 3 heteroatoms. The van der Waals surface area contributed by atoms with Gasteiger partial charge in [0.05, 0.1) is 12.1 Å². The standard InChI is InChI=1S/C7H6ClO2/c1-10-6-4-2-3-5(8)7(6)9/h3-4,9H,1H3. The number of benzene rings is 1. The van der Waals surface area contributed by atoms with Crippen LogP contribution in [0.1, 0.15) is 0 Å². The summed E-state index contributed by atoms with van der Waals surface area (Å²) in [6.07, 6.45) is 0. The maximum atomic E-state index is 9.12. The third kappa shape index (κ3) is 1.16. The Morgan fingerprint density at radius 1 is 1.60 bits per heavy atom. The van der Waals surface area contributed by atoms with Crippen molar-refractivity contribution < 1.29 is 9.84 Å². The highest BCUT2D eigenvalue weighted by Gasteiger charge is 2.02. The second-order valence-electron chi connectivity index (χ2n) is 1.72. The van der Waals surface area contributed by atoms with Crippen molar-refractivity contribution in [1.82, 2.24) is 0 Å². The number of halogens is 1. The second kappa shape index (κ2) is 2.80. The molecule has 0 fully saturated rings. The molecule has 0 aliphatic heterocycles. The summed E-state index contributed by atoms with van der Waals surface area (Å²) in [6.45, 7) is 0. The summed E-state index contributed by atoms with van der Waals surface area (Å²) in [4.78, 5) is 0. The Kier molecular flexibility index (Phi) is 2.02. The Morgan fingerprint density at radius 3 is 2.80 bits per heavy atom. The highest BCUT2D eigenvalue weighted by atomic mass is 35.5. The molecule has 0 aliphatic carbocycles. The van der Waals surface area contributed by atoms with Gasteiger partial charge >= 0.3 is 0 Å². The first-order chi connectivity index (χ1) is 4.75. The molecule has 0 saturated heterocycles. The average Bonchev–Trinajstić information content (AvgIpc) is 1.95. The van der Waals surface area contributed by atoms with E-state index in [1.54, 1.807) is 0 Å². The number of phenols is 1. The van der Waals surface area contributed by atoms with Crippen LogP contribution in [0.4, 0.5) is 0 Å². The van der Waals surface area contributed by atoms with Crippen LogP contribution in [0.3, 0.4) is 0 Å². The molecule has 0 spiro atoms. The van der Waals surface area contributed by atoms with Gasteiger partial charge in [-0.05, 0) is 18.2 Å². The van der Waals surface area contributed by atoms with Gasteiger partial charge in [-0.2, -0.15) is 0 Å². The molecule has 1 N–H and O–H groups in total. The summed E-state index contributed by atoms with van der Waals surface area (Å²) in [6, 6.07) is 5.69. The predicted molar refractivity (Wildman–Crippen MR) is 38.5 cm³/mol. The van der Waals surface area contributed by atoms with Crippen LogP contribution in [0.2, 0.25) is 5.02 Å². The van der Waals surface area contributed by atoms with Crippen molar-refractivity contribution in [2.45, 2.75) is 0 Å². The lowest BCUT2D eigenvalue weighted by molar-refractivity contribution is 0.373. The molecule has 0 amide bonds. The van der Waals surface area contributed by atoms with Crippen LogP contribution in [0.25, 0.3) is 0 Å². The first-order valence-electron chi connectivity index (χ1n) is 2.68. The Bertz CT molecular complexity index is 235. The van der Waals surface area contributed by atoms with Gasteiger partial charge in [-0.1, -0.05) is 11.6 Å². The topological polar surface area (TPSA) is 29.5 Å². The fraction of sp³-hybridized carbons (Fsp3) is 0.143. The third-order valence-electron chi connectivity index (χ3n) is 1.10. The van der Waals surface area contributed by atoms with Crippen LogP contribution < -0.4 is 4.74 Å². The smallest absolute Gasteiger partial charge is 0.176 e. The monoisotopic (exact) mass is 157 g/mol. The van der Waals surface area contributed by atoms with Gasteiger partial charge in [0.15, 0.2) is 11.5 Å². The minimum atomic E-state index is -0.0390. The molecule has 0 aromatic heterocycles. The molecule has 1 radical (unpaired) electrons. The molecule has 0 aliphatic rings. The molecule has 1 aromatic carbocycles. The van der Waals surface area contributed by atoms with Gasteiger partial charge in [-0.3, -0.25) is 0 Å². The van der Waals surface area contributed by atoms with E-state index in [9.17, 15) is 0 Å². The van der Waals surface area contributed by atoms with Gasteiger partial charge in [0.1, 0.15) is 0 Å². The molecule has 0 saturated carbocycles. The van der Waals surface area contributed by atoms with Crippen molar-refractivity contribution in [3.8, 4) is 11.5 Å². The van der Waals surface area contributed by atoms with Crippen LogP contribution in [-0.2, 0) is 0 Å². The lowest BCUT2D eigenvalue weighted by Crippen LogP contribution is -1.82. The summed E-state index contributed by atoms with van der Waals surface area (Å²) in [5, 5.41) is 9.37. The number of rotatable bonds is 1. The summed E-state index contributed by atoms with van der Waals surface area (Å²) >= 11 is 5.53. The fourth-order valence-corrected chi connectivity index (χ4v) is 0.757. The molecule has 1 rings (SSSR count). The molecule has 1 aromatic rings. The van der Waals surface area contributed by atoms with Crippen molar-refractivity contribution in [3.05, 3.63) is 23.2 Å². The van der Waals surface area contributed by atoms with E-state index in [2.05, 4.69) is 6.07 Å². The molecule has 10 heavy (non-hydrogen) atoms. The quantitative estimate of drug-likeness (QED) is 0.674. The molecular weight excluding hydrogens is 152 g/mol. The molecule has 53 valence electrons. The van der Waals surface area contributed by atoms with Crippen LogP contribution in [0, 0.1) is 6.07 Å². The lowest BCUT2D eigenvalue weighted by Gasteiger charge is -2.01. The van der Waals surface area contributed by atoms with Gasteiger partial charge in [0.2, 0.25) is 0 Å². The molecular formula is C7H6ClO2. The van der Waals surface area contributed by atoms with Gasteiger partial charge in [-0.25, -0.2) is 0 Å². The van der Waals surface area contributed by atoms with E-state index in [1.807, 2.05) is 0 Å². The fourth-order valence-electron chi connectivity index (χ4n) is 0.601. The van der Waals surface area contributed by atoms with Crippen molar-refractivity contribution >= 4 is 11.6 Å². The van der Waals surface area contributed by atoms with Crippen LogP contribution in [-0.4, -0.2) is 12.2 Å². The first kappa shape index (κ1) is 7.22. The molecule has 0 unspecified atom stereocenters. The lowest BCUT2D eigenvalue weighted by atomic mass is 10.3. The minimum Gasteiger partial charge on any atom is -0.503 e. The number of hydrogen-bond donors (Lipinski definition) is 1. The van der Waals surface area contributed by atoms with E-state index >= 15 is 0 Å². The highest BCUT2D eigenvalue weighted by Crippen LogP contribution is 2.32. The number of ether oxygens (including phenoxy) is 1. The summed E-state index contributed by atoms with van der Waals surface area (Å²) in [5.41, 5.74) is 0. The van der Waals surface area contributed by atoms with E-state index in [0.717, 1.165) is 0 Å². The largest absolute Gasteiger partial charge is 0.503 e. The van der Waals surface area contributed by atoms with E-state index in [-0.39, 0.29) is 10.8 Å². The molecule has 2 nitrogen and oxygen atoms in total. The van der Waals surface area contributed by atoms with E-state index < -0.39 is 0 Å².